The van der Waals surface area contributed by atoms with Gasteiger partial charge in [-0.15, -0.1) is 0 Å². The van der Waals surface area contributed by atoms with Gasteiger partial charge in [0, 0.05) is 18.2 Å². The summed E-state index contributed by atoms with van der Waals surface area (Å²) in [5, 5.41) is 0. The Morgan fingerprint density at radius 2 is 1.81 bits per heavy atom. The number of halogens is 3. The molecule has 1 aromatic carbocycles. The molecular weight excluding hydrogens is 415 g/mol. The normalized spacial score (nSPS) is 19.7. The van der Waals surface area contributed by atoms with Crippen LogP contribution in [0.25, 0.3) is 0 Å². The number of nitrogens with zero attached hydrogens (tertiary/aromatic N) is 1. The van der Waals surface area contributed by atoms with E-state index in [0.717, 1.165) is 18.2 Å². The van der Waals surface area contributed by atoms with Crippen LogP contribution in [0.2, 0.25) is 0 Å². The summed E-state index contributed by atoms with van der Waals surface area (Å²) in [5.74, 6) is -1.62. The van der Waals surface area contributed by atoms with E-state index < -0.39 is 47.7 Å². The number of carbonyl (C=O) groups excluding carboxylic acids is 3. The van der Waals surface area contributed by atoms with Gasteiger partial charge in [-0.2, -0.15) is 13.2 Å². The van der Waals surface area contributed by atoms with Crippen molar-refractivity contribution in [2.24, 2.45) is 5.92 Å². The maximum atomic E-state index is 12.8. The van der Waals surface area contributed by atoms with Gasteiger partial charge in [0.25, 0.3) is 0 Å². The summed E-state index contributed by atoms with van der Waals surface area (Å²) in [5.41, 5.74) is -1.46. The summed E-state index contributed by atoms with van der Waals surface area (Å²) in [6.07, 6.45) is -4.20. The van der Waals surface area contributed by atoms with Gasteiger partial charge < -0.3 is 14.4 Å². The lowest BCUT2D eigenvalue weighted by atomic mass is 9.92. The number of piperidine rings is 1. The maximum absolute atomic E-state index is 12.8. The highest BCUT2D eigenvalue weighted by Crippen LogP contribution is 2.32. The van der Waals surface area contributed by atoms with E-state index in [1.165, 1.54) is 6.92 Å². The minimum absolute atomic E-state index is 0.0476. The smallest absolute Gasteiger partial charge is 0.416 e. The molecule has 6 nitrogen and oxygen atoms in total. The monoisotopic (exact) mass is 443 g/mol. The Kier molecular flexibility index (Phi) is 7.39. The van der Waals surface area contributed by atoms with E-state index in [9.17, 15) is 27.6 Å². The fourth-order valence-corrected chi connectivity index (χ4v) is 3.47. The van der Waals surface area contributed by atoms with Crippen molar-refractivity contribution in [2.45, 2.75) is 65.3 Å². The second-order valence-corrected chi connectivity index (χ2v) is 8.80. The van der Waals surface area contributed by atoms with Crippen molar-refractivity contribution in [3.05, 3.63) is 34.9 Å². The lowest BCUT2D eigenvalue weighted by Gasteiger charge is -2.37. The van der Waals surface area contributed by atoms with Gasteiger partial charge in [0.2, 0.25) is 0 Å². The number of carbonyl (C=O) groups is 3. The second kappa shape index (κ2) is 9.28. The third-order valence-corrected chi connectivity index (χ3v) is 5.04. The molecule has 31 heavy (non-hydrogen) atoms. The van der Waals surface area contributed by atoms with Crippen molar-refractivity contribution in [1.82, 2.24) is 4.90 Å². The molecule has 172 valence electrons. The predicted molar refractivity (Wildman–Crippen MR) is 107 cm³/mol. The SMILES string of the molecule is Cc1cc(C(=O)COC(=O)C2CCN(C(=O)OC(C)(C)C)C(C)C2)ccc1C(F)(F)F. The standard InChI is InChI=1S/C22H28F3NO5/c1-13-10-15(6-7-17(13)22(23,24)25)18(27)12-30-19(28)16-8-9-26(14(2)11-16)20(29)31-21(3,4)5/h6-7,10,14,16H,8-9,11-12H2,1-5H3. The van der Waals surface area contributed by atoms with E-state index in [1.807, 2.05) is 0 Å². The molecular formula is C22H28F3NO5. The Morgan fingerprint density at radius 1 is 1.16 bits per heavy atom. The van der Waals surface area contributed by atoms with Crippen LogP contribution < -0.4 is 0 Å². The topological polar surface area (TPSA) is 72.9 Å². The highest BCUT2D eigenvalue weighted by Gasteiger charge is 2.36. The maximum Gasteiger partial charge on any atom is 0.416 e. The van der Waals surface area contributed by atoms with Crippen molar-refractivity contribution in [3.63, 3.8) is 0 Å². The zero-order valence-corrected chi connectivity index (χ0v) is 18.3. The average Bonchev–Trinajstić information content (AvgIpc) is 2.63. The lowest BCUT2D eigenvalue weighted by Crippen LogP contribution is -2.48. The summed E-state index contributed by atoms with van der Waals surface area (Å²) >= 11 is 0. The number of hydrogen-bond acceptors (Lipinski definition) is 5. The third kappa shape index (κ3) is 6.70. The van der Waals surface area contributed by atoms with E-state index >= 15 is 0 Å². The van der Waals surface area contributed by atoms with E-state index in [2.05, 4.69) is 0 Å². The van der Waals surface area contributed by atoms with Crippen LogP contribution in [-0.2, 0) is 20.4 Å². The van der Waals surface area contributed by atoms with Crippen LogP contribution in [0.15, 0.2) is 18.2 Å². The molecule has 1 aliphatic heterocycles. The molecule has 0 N–H and O–H groups in total. The van der Waals surface area contributed by atoms with E-state index in [0.29, 0.717) is 19.4 Å². The van der Waals surface area contributed by atoms with Gasteiger partial charge in [-0.25, -0.2) is 4.79 Å². The first-order valence-electron chi connectivity index (χ1n) is 10.1. The second-order valence-electron chi connectivity index (χ2n) is 8.80. The summed E-state index contributed by atoms with van der Waals surface area (Å²) < 4.78 is 49.0. The number of alkyl halides is 3. The zero-order valence-electron chi connectivity index (χ0n) is 18.3. The first kappa shape index (κ1) is 24.7. The molecule has 0 bridgehead atoms. The number of hydrogen-bond donors (Lipinski definition) is 0. The molecule has 1 aromatic rings. The Morgan fingerprint density at radius 3 is 2.32 bits per heavy atom. The van der Waals surface area contributed by atoms with Crippen LogP contribution >= 0.6 is 0 Å². The van der Waals surface area contributed by atoms with E-state index in [1.54, 1.807) is 32.6 Å². The van der Waals surface area contributed by atoms with Crippen molar-refractivity contribution < 1.29 is 37.0 Å². The van der Waals surface area contributed by atoms with Crippen molar-refractivity contribution in [2.75, 3.05) is 13.2 Å². The first-order chi connectivity index (χ1) is 14.2. The van der Waals surface area contributed by atoms with Gasteiger partial charge in [0.05, 0.1) is 11.5 Å². The van der Waals surface area contributed by atoms with Gasteiger partial charge in [-0.1, -0.05) is 6.07 Å². The van der Waals surface area contributed by atoms with Crippen molar-refractivity contribution >= 4 is 17.8 Å². The number of likely N-dealkylation sites (tertiary alicyclic amines) is 1. The molecule has 2 rings (SSSR count). The Hall–Kier alpha value is -2.58. The largest absolute Gasteiger partial charge is 0.457 e. The lowest BCUT2D eigenvalue weighted by molar-refractivity contribution is -0.149. The van der Waals surface area contributed by atoms with Gasteiger partial charge in [-0.3, -0.25) is 9.59 Å². The van der Waals surface area contributed by atoms with Crippen LogP contribution in [0.4, 0.5) is 18.0 Å². The van der Waals surface area contributed by atoms with Gasteiger partial charge >= 0.3 is 18.2 Å². The molecule has 0 spiro atoms. The molecule has 1 saturated heterocycles. The fourth-order valence-electron chi connectivity index (χ4n) is 3.47. The number of ether oxygens (including phenoxy) is 2. The van der Waals surface area contributed by atoms with Gasteiger partial charge in [0.1, 0.15) is 5.60 Å². The van der Waals surface area contributed by atoms with Crippen LogP contribution in [0, 0.1) is 12.8 Å². The molecule has 1 heterocycles. The number of esters is 1. The van der Waals surface area contributed by atoms with Crippen LogP contribution in [0.3, 0.4) is 0 Å². The average molecular weight is 443 g/mol. The van der Waals surface area contributed by atoms with Gasteiger partial charge in [0.15, 0.2) is 12.4 Å². The van der Waals surface area contributed by atoms with E-state index in [-0.39, 0.29) is 17.2 Å². The van der Waals surface area contributed by atoms with Crippen molar-refractivity contribution in [3.8, 4) is 0 Å². The predicted octanol–water partition coefficient (Wildman–Crippen LogP) is 4.78. The number of Topliss-reactive ketones (excluding diaryl/α,β-unsaturated/α-hetero) is 1. The number of rotatable bonds is 4. The third-order valence-electron chi connectivity index (χ3n) is 5.04. The fraction of sp³-hybridized carbons (Fsp3) is 0.591. The Labute approximate surface area is 179 Å². The van der Waals surface area contributed by atoms with Gasteiger partial charge in [-0.05, 0) is 65.2 Å². The molecule has 9 heteroatoms. The van der Waals surface area contributed by atoms with Crippen LogP contribution in [0.5, 0.6) is 0 Å². The molecule has 0 radical (unpaired) electrons. The summed E-state index contributed by atoms with van der Waals surface area (Å²) in [6.45, 7) is 8.16. The molecule has 0 saturated carbocycles. The highest BCUT2D eigenvalue weighted by molar-refractivity contribution is 5.98. The van der Waals surface area contributed by atoms with Crippen molar-refractivity contribution in [1.29, 1.82) is 0 Å². The minimum atomic E-state index is -4.50. The first-order valence-corrected chi connectivity index (χ1v) is 10.1. The number of benzene rings is 1. The summed E-state index contributed by atoms with van der Waals surface area (Å²) in [4.78, 5) is 38.5. The van der Waals surface area contributed by atoms with Crippen LogP contribution in [-0.4, -0.2) is 47.5 Å². The highest BCUT2D eigenvalue weighted by atomic mass is 19.4. The number of aryl methyl sites for hydroxylation is 1. The summed E-state index contributed by atoms with van der Waals surface area (Å²) in [6, 6.07) is 2.82. The molecule has 0 aliphatic carbocycles. The molecule has 1 fully saturated rings. The minimum Gasteiger partial charge on any atom is -0.457 e. The Bertz CT molecular complexity index is 845. The molecule has 1 aliphatic rings. The molecule has 2 atom stereocenters. The summed E-state index contributed by atoms with van der Waals surface area (Å²) in [7, 11) is 0. The zero-order chi connectivity index (χ0) is 23.6. The van der Waals surface area contributed by atoms with Crippen LogP contribution in [0.1, 0.15) is 62.0 Å². The molecule has 1 amide bonds. The molecule has 0 aromatic heterocycles. The number of ketones is 1. The Balaban J connectivity index is 1.90. The number of amides is 1. The molecule has 2 unspecified atom stereocenters. The quantitative estimate of drug-likeness (QED) is 0.495. The van der Waals surface area contributed by atoms with E-state index in [4.69, 9.17) is 9.47 Å².